The molecular weight excluding hydrogens is 410 g/mol. The summed E-state index contributed by atoms with van der Waals surface area (Å²) >= 11 is 0. The van der Waals surface area contributed by atoms with Gasteiger partial charge >= 0.3 is 0 Å². The lowest BCUT2D eigenvalue weighted by Gasteiger charge is -2.25. The van der Waals surface area contributed by atoms with E-state index in [1.165, 1.54) is 0 Å². The Hall–Kier alpha value is -3.29. The highest BCUT2D eigenvalue weighted by Gasteiger charge is 2.16. The van der Waals surface area contributed by atoms with Gasteiger partial charge in [-0.15, -0.1) is 0 Å². The summed E-state index contributed by atoms with van der Waals surface area (Å²) in [5.74, 6) is 2.58. The van der Waals surface area contributed by atoms with Crippen LogP contribution in [0.25, 0.3) is 0 Å². The Bertz CT molecular complexity index is 955. The Kier molecular flexibility index (Phi) is 8.71. The van der Waals surface area contributed by atoms with Gasteiger partial charge in [-0.05, 0) is 55.0 Å². The second-order valence-corrected chi connectivity index (χ2v) is 7.32. The Morgan fingerprint density at radius 1 is 1.06 bits per heavy atom. The van der Waals surface area contributed by atoms with E-state index in [9.17, 15) is 9.90 Å². The van der Waals surface area contributed by atoms with Crippen molar-refractivity contribution in [3.63, 3.8) is 0 Å². The Morgan fingerprint density at radius 2 is 1.88 bits per heavy atom. The molecule has 0 bridgehead atoms. The van der Waals surface area contributed by atoms with Crippen molar-refractivity contribution in [2.75, 3.05) is 26.9 Å². The Morgan fingerprint density at radius 3 is 2.53 bits per heavy atom. The van der Waals surface area contributed by atoms with E-state index in [1.807, 2.05) is 43.3 Å². The molecule has 0 radical (unpaired) electrons. The van der Waals surface area contributed by atoms with Crippen LogP contribution in [0.15, 0.2) is 65.3 Å². The maximum Gasteiger partial charge on any atom is 0.161 e. The zero-order valence-corrected chi connectivity index (χ0v) is 18.4. The molecule has 0 spiro atoms. The van der Waals surface area contributed by atoms with Gasteiger partial charge in [0.05, 0.1) is 26.5 Å². The average molecular weight is 440 g/mol. The lowest BCUT2D eigenvalue weighted by molar-refractivity contribution is 0.0593. The molecule has 3 rings (SSSR count). The summed E-state index contributed by atoms with van der Waals surface area (Å²) in [6.07, 6.45) is 1.65. The van der Waals surface area contributed by atoms with Gasteiger partial charge < -0.3 is 23.7 Å². The van der Waals surface area contributed by atoms with Gasteiger partial charge in [0.25, 0.3) is 0 Å². The molecule has 2 aromatic carbocycles. The first-order valence-corrected chi connectivity index (χ1v) is 10.5. The molecular formula is C25H29NO6. The number of furan rings is 1. The number of aliphatic hydroxyl groups is 1. The van der Waals surface area contributed by atoms with Gasteiger partial charge in [-0.1, -0.05) is 12.1 Å². The minimum Gasteiger partial charge on any atom is -0.497 e. The van der Waals surface area contributed by atoms with Gasteiger partial charge in [0.15, 0.2) is 11.5 Å². The first kappa shape index (κ1) is 23.4. The predicted molar refractivity (Wildman–Crippen MR) is 120 cm³/mol. The van der Waals surface area contributed by atoms with Crippen molar-refractivity contribution in [1.29, 1.82) is 0 Å². The van der Waals surface area contributed by atoms with E-state index in [4.69, 9.17) is 18.6 Å². The Balaban J connectivity index is 1.63. The third-order valence-corrected chi connectivity index (χ3v) is 4.83. The van der Waals surface area contributed by atoms with Crippen molar-refractivity contribution in [3.8, 4) is 17.2 Å². The fourth-order valence-electron chi connectivity index (χ4n) is 3.32. The maximum absolute atomic E-state index is 11.0. The number of nitrogens with zero attached hydrogens (tertiary/aromatic N) is 1. The van der Waals surface area contributed by atoms with E-state index in [1.54, 1.807) is 31.6 Å². The Labute approximate surface area is 188 Å². The maximum atomic E-state index is 11.0. The third-order valence-electron chi connectivity index (χ3n) is 4.83. The molecule has 0 fully saturated rings. The van der Waals surface area contributed by atoms with Crippen LogP contribution >= 0.6 is 0 Å². The molecule has 0 saturated heterocycles. The zero-order chi connectivity index (χ0) is 22.8. The fraction of sp³-hybridized carbons (Fsp3) is 0.320. The van der Waals surface area contributed by atoms with E-state index < -0.39 is 6.10 Å². The minimum absolute atomic E-state index is 0.0811. The van der Waals surface area contributed by atoms with Crippen molar-refractivity contribution in [2.45, 2.75) is 26.1 Å². The van der Waals surface area contributed by atoms with E-state index >= 15 is 0 Å². The van der Waals surface area contributed by atoms with Crippen molar-refractivity contribution in [2.24, 2.45) is 0 Å². The number of methoxy groups -OCH3 is 1. The van der Waals surface area contributed by atoms with Crippen molar-refractivity contribution >= 4 is 6.29 Å². The zero-order valence-electron chi connectivity index (χ0n) is 18.4. The van der Waals surface area contributed by atoms with Crippen molar-refractivity contribution in [3.05, 3.63) is 77.7 Å². The molecule has 1 atom stereocenters. The highest BCUT2D eigenvalue weighted by Crippen LogP contribution is 2.28. The number of rotatable bonds is 13. The molecule has 1 unspecified atom stereocenters. The lowest BCUT2D eigenvalue weighted by Crippen LogP contribution is -2.35. The van der Waals surface area contributed by atoms with Gasteiger partial charge in [0, 0.05) is 18.7 Å². The summed E-state index contributed by atoms with van der Waals surface area (Å²) in [4.78, 5) is 13.1. The molecule has 0 aliphatic rings. The van der Waals surface area contributed by atoms with Gasteiger partial charge in [-0.25, -0.2) is 0 Å². The van der Waals surface area contributed by atoms with Crippen LogP contribution in [0.3, 0.4) is 0 Å². The first-order valence-electron chi connectivity index (χ1n) is 10.5. The predicted octanol–water partition coefficient (Wildman–Crippen LogP) is 3.94. The lowest BCUT2D eigenvalue weighted by atomic mass is 10.2. The summed E-state index contributed by atoms with van der Waals surface area (Å²) in [7, 11) is 1.64. The number of carbonyl (C=O) groups is 1. The van der Waals surface area contributed by atoms with E-state index in [0.717, 1.165) is 23.4 Å². The van der Waals surface area contributed by atoms with Crippen LogP contribution in [-0.2, 0) is 13.1 Å². The first-order chi connectivity index (χ1) is 15.6. The number of ether oxygens (including phenoxy) is 3. The molecule has 1 heterocycles. The molecule has 0 aliphatic heterocycles. The number of hydrogen-bond acceptors (Lipinski definition) is 7. The molecule has 0 aliphatic carbocycles. The number of aliphatic hydroxyl groups excluding tert-OH is 1. The standard InChI is InChI=1S/C25H29NO6/c1-3-30-25-13-20(17-27)8-11-24(25)32-18-21(28)15-26(16-23-5-4-12-31-23)14-19-6-9-22(29-2)10-7-19/h4-13,17,21,28H,3,14-16,18H2,1-2H3. The molecule has 0 saturated carbocycles. The third kappa shape index (κ3) is 6.87. The highest BCUT2D eigenvalue weighted by molar-refractivity contribution is 5.76. The van der Waals surface area contributed by atoms with Crippen LogP contribution in [0, 0.1) is 0 Å². The molecule has 7 heteroatoms. The fourth-order valence-corrected chi connectivity index (χ4v) is 3.32. The molecule has 3 aromatic rings. The average Bonchev–Trinajstić information content (AvgIpc) is 3.32. The summed E-state index contributed by atoms with van der Waals surface area (Å²) in [6.45, 7) is 3.94. The second-order valence-electron chi connectivity index (χ2n) is 7.32. The summed E-state index contributed by atoms with van der Waals surface area (Å²) in [6, 6.07) is 16.6. The molecule has 170 valence electrons. The largest absolute Gasteiger partial charge is 0.497 e. The smallest absolute Gasteiger partial charge is 0.161 e. The number of aldehydes is 1. The molecule has 0 amide bonds. The second kappa shape index (κ2) is 11.9. The van der Waals surface area contributed by atoms with Crippen LogP contribution in [0.2, 0.25) is 0 Å². The van der Waals surface area contributed by atoms with Crippen LogP contribution in [0.4, 0.5) is 0 Å². The molecule has 32 heavy (non-hydrogen) atoms. The topological polar surface area (TPSA) is 81.4 Å². The normalized spacial score (nSPS) is 11.9. The molecule has 7 nitrogen and oxygen atoms in total. The van der Waals surface area contributed by atoms with E-state index in [0.29, 0.717) is 43.3 Å². The minimum atomic E-state index is -0.747. The monoisotopic (exact) mass is 439 g/mol. The van der Waals surface area contributed by atoms with Crippen molar-refractivity contribution in [1.82, 2.24) is 4.90 Å². The van der Waals surface area contributed by atoms with Crippen LogP contribution in [-0.4, -0.2) is 49.3 Å². The highest BCUT2D eigenvalue weighted by atomic mass is 16.5. The summed E-state index contributed by atoms with van der Waals surface area (Å²) in [5, 5.41) is 10.7. The van der Waals surface area contributed by atoms with Gasteiger partial charge in [-0.3, -0.25) is 9.69 Å². The van der Waals surface area contributed by atoms with E-state index in [2.05, 4.69) is 4.90 Å². The SMILES string of the molecule is CCOc1cc(C=O)ccc1OCC(O)CN(Cc1ccc(OC)cc1)Cc1ccco1. The van der Waals surface area contributed by atoms with Crippen LogP contribution < -0.4 is 14.2 Å². The van der Waals surface area contributed by atoms with Crippen LogP contribution in [0.1, 0.15) is 28.6 Å². The quantitative estimate of drug-likeness (QED) is 0.404. The number of carbonyl (C=O) groups excluding carboxylic acids is 1. The van der Waals surface area contributed by atoms with Gasteiger partial charge in [0.2, 0.25) is 0 Å². The van der Waals surface area contributed by atoms with E-state index in [-0.39, 0.29) is 6.61 Å². The van der Waals surface area contributed by atoms with Gasteiger partial charge in [-0.2, -0.15) is 0 Å². The molecule has 1 N–H and O–H groups in total. The van der Waals surface area contributed by atoms with Gasteiger partial charge in [0.1, 0.15) is 30.5 Å². The number of benzene rings is 2. The van der Waals surface area contributed by atoms with Crippen molar-refractivity contribution < 1.29 is 28.5 Å². The summed E-state index contributed by atoms with van der Waals surface area (Å²) < 4.78 is 22.1. The summed E-state index contributed by atoms with van der Waals surface area (Å²) in [5.41, 5.74) is 1.60. The van der Waals surface area contributed by atoms with Crippen LogP contribution in [0.5, 0.6) is 17.2 Å². The number of hydrogen-bond donors (Lipinski definition) is 1. The molecule has 1 aromatic heterocycles.